The first-order chi connectivity index (χ1) is 11.2. The van der Waals surface area contributed by atoms with E-state index in [1.807, 2.05) is 42.5 Å². The third-order valence-electron chi connectivity index (χ3n) is 3.63. The van der Waals surface area contributed by atoms with Gasteiger partial charge in [0, 0.05) is 23.2 Å². The van der Waals surface area contributed by atoms with E-state index < -0.39 is 5.97 Å². The van der Waals surface area contributed by atoms with Gasteiger partial charge in [0.15, 0.2) is 11.5 Å². The highest BCUT2D eigenvalue weighted by Crippen LogP contribution is 2.34. The zero-order valence-electron chi connectivity index (χ0n) is 12.7. The standard InChI is InChI=1S/C18H17NO4/c1-22-16-8-14-13(7-18(20)21)10-19-15(14)9-17(16)23-11-12-5-3-2-4-6-12/h2-6,8-10,19H,7,11H2,1H3,(H,20,21). The summed E-state index contributed by atoms with van der Waals surface area (Å²) in [6, 6.07) is 13.5. The Labute approximate surface area is 133 Å². The molecule has 0 aliphatic heterocycles. The molecule has 5 nitrogen and oxygen atoms in total. The average molecular weight is 311 g/mol. The molecule has 0 atom stereocenters. The van der Waals surface area contributed by atoms with E-state index in [1.54, 1.807) is 13.3 Å². The second-order valence-corrected chi connectivity index (χ2v) is 5.21. The number of aliphatic carboxylic acids is 1. The number of hydrogen-bond donors (Lipinski definition) is 2. The fourth-order valence-corrected chi connectivity index (χ4v) is 2.50. The van der Waals surface area contributed by atoms with Gasteiger partial charge in [0.25, 0.3) is 0 Å². The highest BCUT2D eigenvalue weighted by molar-refractivity contribution is 5.89. The molecule has 1 aromatic heterocycles. The van der Waals surface area contributed by atoms with Crippen molar-refractivity contribution in [1.29, 1.82) is 0 Å². The van der Waals surface area contributed by atoms with Crippen LogP contribution in [-0.2, 0) is 17.8 Å². The number of hydrogen-bond acceptors (Lipinski definition) is 3. The Hall–Kier alpha value is -2.95. The van der Waals surface area contributed by atoms with Gasteiger partial charge in [-0.1, -0.05) is 30.3 Å². The van der Waals surface area contributed by atoms with E-state index in [0.717, 1.165) is 22.0 Å². The largest absolute Gasteiger partial charge is 0.493 e. The number of carboxylic acid groups (broad SMARTS) is 1. The summed E-state index contributed by atoms with van der Waals surface area (Å²) in [6.45, 7) is 0.436. The van der Waals surface area contributed by atoms with E-state index in [-0.39, 0.29) is 6.42 Å². The van der Waals surface area contributed by atoms with Crippen LogP contribution in [0.2, 0.25) is 0 Å². The first-order valence-corrected chi connectivity index (χ1v) is 7.24. The first kappa shape index (κ1) is 15.0. The van der Waals surface area contributed by atoms with Gasteiger partial charge in [-0.3, -0.25) is 4.79 Å². The zero-order valence-corrected chi connectivity index (χ0v) is 12.7. The van der Waals surface area contributed by atoms with Gasteiger partial charge in [-0.05, 0) is 17.2 Å². The number of rotatable bonds is 6. The minimum atomic E-state index is -0.866. The molecule has 2 N–H and O–H groups in total. The van der Waals surface area contributed by atoms with Gasteiger partial charge in [0.1, 0.15) is 6.61 Å². The van der Waals surface area contributed by atoms with Gasteiger partial charge in [0.05, 0.1) is 13.5 Å². The number of fused-ring (bicyclic) bond motifs is 1. The molecule has 0 fully saturated rings. The number of nitrogens with one attached hydrogen (secondary N) is 1. The monoisotopic (exact) mass is 311 g/mol. The molecule has 3 aromatic rings. The van der Waals surface area contributed by atoms with Crippen molar-refractivity contribution in [3.63, 3.8) is 0 Å². The lowest BCUT2D eigenvalue weighted by Gasteiger charge is -2.11. The van der Waals surface area contributed by atoms with Gasteiger partial charge in [0.2, 0.25) is 0 Å². The van der Waals surface area contributed by atoms with E-state index in [0.29, 0.717) is 18.1 Å². The lowest BCUT2D eigenvalue weighted by Crippen LogP contribution is -2.00. The summed E-state index contributed by atoms with van der Waals surface area (Å²) in [4.78, 5) is 14.0. The van der Waals surface area contributed by atoms with Crippen LogP contribution in [0.3, 0.4) is 0 Å². The summed E-state index contributed by atoms with van der Waals surface area (Å²) in [6.07, 6.45) is 1.67. The Bertz CT molecular complexity index is 824. The van der Waals surface area contributed by atoms with E-state index in [2.05, 4.69) is 4.98 Å². The van der Waals surface area contributed by atoms with E-state index in [1.165, 1.54) is 0 Å². The van der Waals surface area contributed by atoms with Gasteiger partial charge < -0.3 is 19.6 Å². The molecule has 3 rings (SSSR count). The first-order valence-electron chi connectivity index (χ1n) is 7.24. The number of ether oxygens (including phenoxy) is 2. The van der Waals surface area contributed by atoms with Crippen LogP contribution in [0.4, 0.5) is 0 Å². The van der Waals surface area contributed by atoms with Crippen molar-refractivity contribution in [3.8, 4) is 11.5 Å². The molecule has 1 heterocycles. The molecule has 0 spiro atoms. The molecular weight excluding hydrogens is 294 g/mol. The maximum absolute atomic E-state index is 10.9. The SMILES string of the molecule is COc1cc2c(CC(=O)O)c[nH]c2cc1OCc1ccccc1. The highest BCUT2D eigenvalue weighted by atomic mass is 16.5. The van der Waals surface area contributed by atoms with Crippen LogP contribution in [-0.4, -0.2) is 23.2 Å². The fourth-order valence-electron chi connectivity index (χ4n) is 2.50. The molecule has 0 amide bonds. The molecule has 0 aliphatic carbocycles. The molecule has 2 aromatic carbocycles. The quantitative estimate of drug-likeness (QED) is 0.732. The second-order valence-electron chi connectivity index (χ2n) is 5.21. The van der Waals surface area contributed by atoms with E-state index >= 15 is 0 Å². The van der Waals surface area contributed by atoms with Gasteiger partial charge in [-0.2, -0.15) is 0 Å². The minimum absolute atomic E-state index is 0.0344. The molecule has 0 radical (unpaired) electrons. The van der Waals surface area contributed by atoms with Gasteiger partial charge in [-0.25, -0.2) is 0 Å². The van der Waals surface area contributed by atoms with Crippen LogP contribution in [0.25, 0.3) is 10.9 Å². The summed E-state index contributed by atoms with van der Waals surface area (Å²) in [7, 11) is 1.57. The predicted octanol–water partition coefficient (Wildman–Crippen LogP) is 3.38. The zero-order chi connectivity index (χ0) is 16.2. The molecular formula is C18H17NO4. The number of aromatic amines is 1. The molecule has 118 valence electrons. The topological polar surface area (TPSA) is 71.5 Å². The molecule has 0 aliphatic rings. The predicted molar refractivity (Wildman–Crippen MR) is 87.0 cm³/mol. The summed E-state index contributed by atoms with van der Waals surface area (Å²) < 4.78 is 11.2. The average Bonchev–Trinajstić information content (AvgIpc) is 2.94. The van der Waals surface area contributed by atoms with Crippen LogP contribution in [0.5, 0.6) is 11.5 Å². The van der Waals surface area contributed by atoms with Crippen LogP contribution in [0.1, 0.15) is 11.1 Å². The Morgan fingerprint density at radius 1 is 1.17 bits per heavy atom. The Morgan fingerprint density at radius 2 is 1.96 bits per heavy atom. The molecule has 0 saturated heterocycles. The Morgan fingerprint density at radius 3 is 2.65 bits per heavy atom. The van der Waals surface area contributed by atoms with Crippen molar-refractivity contribution in [3.05, 3.63) is 59.8 Å². The molecule has 5 heteroatoms. The van der Waals surface area contributed by atoms with Crippen molar-refractivity contribution in [2.75, 3.05) is 7.11 Å². The molecule has 0 unspecified atom stereocenters. The van der Waals surface area contributed by atoms with Gasteiger partial charge >= 0.3 is 5.97 Å². The van der Waals surface area contributed by atoms with E-state index in [9.17, 15) is 4.79 Å². The second kappa shape index (κ2) is 6.44. The third kappa shape index (κ3) is 3.29. The summed E-state index contributed by atoms with van der Waals surface area (Å²) in [5.41, 5.74) is 2.61. The maximum Gasteiger partial charge on any atom is 0.307 e. The van der Waals surface area contributed by atoms with Crippen molar-refractivity contribution < 1.29 is 19.4 Å². The third-order valence-corrected chi connectivity index (χ3v) is 3.63. The highest BCUT2D eigenvalue weighted by Gasteiger charge is 2.13. The molecule has 0 saturated carbocycles. The number of H-pyrrole nitrogens is 1. The molecule has 0 bridgehead atoms. The van der Waals surface area contributed by atoms with E-state index in [4.69, 9.17) is 14.6 Å². The van der Waals surface area contributed by atoms with Gasteiger partial charge in [-0.15, -0.1) is 0 Å². The Kier molecular flexibility index (Phi) is 4.19. The fraction of sp³-hybridized carbons (Fsp3) is 0.167. The normalized spacial score (nSPS) is 10.7. The number of aromatic nitrogens is 1. The number of carboxylic acids is 1. The minimum Gasteiger partial charge on any atom is -0.493 e. The van der Waals surface area contributed by atoms with Crippen molar-refractivity contribution in [2.45, 2.75) is 13.0 Å². The number of methoxy groups -OCH3 is 1. The molecule has 23 heavy (non-hydrogen) atoms. The Balaban J connectivity index is 1.89. The maximum atomic E-state index is 10.9. The summed E-state index contributed by atoms with van der Waals surface area (Å²) >= 11 is 0. The summed E-state index contributed by atoms with van der Waals surface area (Å²) in [5, 5.41) is 9.80. The smallest absolute Gasteiger partial charge is 0.307 e. The van der Waals surface area contributed by atoms with Crippen molar-refractivity contribution in [1.82, 2.24) is 4.98 Å². The van der Waals surface area contributed by atoms with Crippen molar-refractivity contribution >= 4 is 16.9 Å². The van der Waals surface area contributed by atoms with Crippen LogP contribution in [0.15, 0.2) is 48.7 Å². The number of benzene rings is 2. The lowest BCUT2D eigenvalue weighted by atomic mass is 10.1. The summed E-state index contributed by atoms with van der Waals surface area (Å²) in [5.74, 6) is 0.335. The van der Waals surface area contributed by atoms with Crippen LogP contribution >= 0.6 is 0 Å². The van der Waals surface area contributed by atoms with Crippen molar-refractivity contribution in [2.24, 2.45) is 0 Å². The lowest BCUT2D eigenvalue weighted by molar-refractivity contribution is -0.136. The number of carbonyl (C=O) groups is 1. The van der Waals surface area contributed by atoms with Crippen LogP contribution < -0.4 is 9.47 Å². The van der Waals surface area contributed by atoms with Crippen LogP contribution in [0, 0.1) is 0 Å².